The van der Waals surface area contributed by atoms with Crippen LogP contribution < -0.4 is 4.72 Å². The zero-order valence-corrected chi connectivity index (χ0v) is 14.4. The highest BCUT2D eigenvalue weighted by Gasteiger charge is 2.35. The average molecular weight is 351 g/mol. The molecule has 0 unspecified atom stereocenters. The van der Waals surface area contributed by atoms with Crippen molar-refractivity contribution in [3.8, 4) is 0 Å². The minimum Gasteiger partial charge on any atom is -0.339 e. The van der Waals surface area contributed by atoms with Crippen molar-refractivity contribution in [3.63, 3.8) is 0 Å². The Bertz CT molecular complexity index is 750. The van der Waals surface area contributed by atoms with Gasteiger partial charge in [-0.25, -0.2) is 8.42 Å². The molecule has 130 valence electrons. The van der Waals surface area contributed by atoms with Crippen molar-refractivity contribution in [2.75, 3.05) is 37.2 Å². The predicted molar refractivity (Wildman–Crippen MR) is 90.1 cm³/mol. The van der Waals surface area contributed by atoms with Crippen molar-refractivity contribution >= 4 is 27.5 Å². The van der Waals surface area contributed by atoms with E-state index in [-0.39, 0.29) is 17.7 Å². The molecule has 0 radical (unpaired) electrons. The maximum Gasteiger partial charge on any atom is 0.254 e. The Kier molecular flexibility index (Phi) is 4.49. The summed E-state index contributed by atoms with van der Waals surface area (Å²) >= 11 is 0. The molecule has 8 heteroatoms. The molecule has 2 amide bonds. The number of nitrogens with zero attached hydrogens (tertiary/aromatic N) is 2. The summed E-state index contributed by atoms with van der Waals surface area (Å²) in [6, 6.07) is 6.44. The van der Waals surface area contributed by atoms with Gasteiger partial charge in [-0.15, -0.1) is 0 Å². The third-order valence-electron chi connectivity index (χ3n) is 4.22. The molecule has 1 aliphatic heterocycles. The van der Waals surface area contributed by atoms with Gasteiger partial charge in [-0.2, -0.15) is 0 Å². The first-order valence-electron chi connectivity index (χ1n) is 7.99. The Morgan fingerprint density at radius 2 is 1.71 bits per heavy atom. The summed E-state index contributed by atoms with van der Waals surface area (Å²) in [6.45, 7) is 2.12. The molecule has 7 nitrogen and oxygen atoms in total. The van der Waals surface area contributed by atoms with Gasteiger partial charge < -0.3 is 9.80 Å². The second kappa shape index (κ2) is 6.43. The van der Waals surface area contributed by atoms with Crippen molar-refractivity contribution in [3.05, 3.63) is 29.8 Å². The summed E-state index contributed by atoms with van der Waals surface area (Å²) in [6.07, 6.45) is 3.04. The number of piperazine rings is 1. The van der Waals surface area contributed by atoms with Crippen LogP contribution in [0.2, 0.25) is 0 Å². The van der Waals surface area contributed by atoms with E-state index in [9.17, 15) is 18.0 Å². The van der Waals surface area contributed by atoms with Gasteiger partial charge in [-0.05, 0) is 31.0 Å². The molecule has 3 rings (SSSR count). The van der Waals surface area contributed by atoms with E-state index in [4.69, 9.17) is 0 Å². The molecule has 1 heterocycles. The van der Waals surface area contributed by atoms with E-state index in [0.717, 1.165) is 19.1 Å². The first kappa shape index (κ1) is 16.8. The Morgan fingerprint density at radius 3 is 2.29 bits per heavy atom. The highest BCUT2D eigenvalue weighted by molar-refractivity contribution is 7.92. The minimum atomic E-state index is -3.38. The van der Waals surface area contributed by atoms with Gasteiger partial charge in [0.25, 0.3) is 5.91 Å². The van der Waals surface area contributed by atoms with Crippen LogP contribution in [0.25, 0.3) is 0 Å². The molecule has 2 fully saturated rings. The Labute approximate surface area is 141 Å². The van der Waals surface area contributed by atoms with E-state index < -0.39 is 10.0 Å². The van der Waals surface area contributed by atoms with Crippen LogP contribution >= 0.6 is 0 Å². The monoisotopic (exact) mass is 351 g/mol. The summed E-state index contributed by atoms with van der Waals surface area (Å²) in [5.41, 5.74) is 0.802. The van der Waals surface area contributed by atoms with E-state index in [2.05, 4.69) is 4.72 Å². The first-order valence-corrected chi connectivity index (χ1v) is 9.88. The van der Waals surface area contributed by atoms with Gasteiger partial charge in [0.05, 0.1) is 6.26 Å². The smallest absolute Gasteiger partial charge is 0.254 e. The number of carbonyl (C=O) groups excluding carboxylic acids is 2. The van der Waals surface area contributed by atoms with E-state index >= 15 is 0 Å². The number of anilines is 1. The normalized spacial score (nSPS) is 18.4. The van der Waals surface area contributed by atoms with Crippen molar-refractivity contribution in [1.29, 1.82) is 0 Å². The number of carbonyl (C=O) groups is 2. The molecular formula is C16H21N3O4S. The second-order valence-corrected chi connectivity index (χ2v) is 8.10. The van der Waals surface area contributed by atoms with Gasteiger partial charge in [-0.3, -0.25) is 14.3 Å². The summed E-state index contributed by atoms with van der Waals surface area (Å²) in [4.78, 5) is 28.2. The molecule has 0 aromatic heterocycles. The SMILES string of the molecule is CS(=O)(=O)Nc1cccc(C(=O)N2CCN(C(=O)C3CC3)CC2)c1. The zero-order chi connectivity index (χ0) is 17.3. The number of rotatable bonds is 4. The lowest BCUT2D eigenvalue weighted by molar-refractivity contribution is -0.134. The molecule has 1 saturated heterocycles. The third-order valence-corrected chi connectivity index (χ3v) is 4.82. The first-order chi connectivity index (χ1) is 11.3. The summed E-state index contributed by atoms with van der Waals surface area (Å²) in [5, 5.41) is 0. The number of hydrogen-bond donors (Lipinski definition) is 1. The van der Waals surface area contributed by atoms with Gasteiger partial charge >= 0.3 is 0 Å². The fourth-order valence-electron chi connectivity index (χ4n) is 2.83. The average Bonchev–Trinajstić information content (AvgIpc) is 3.37. The maximum atomic E-state index is 12.6. The lowest BCUT2D eigenvalue weighted by atomic mass is 10.1. The third kappa shape index (κ3) is 4.05. The van der Waals surface area contributed by atoms with Crippen LogP contribution in [0.15, 0.2) is 24.3 Å². The van der Waals surface area contributed by atoms with Crippen LogP contribution in [-0.2, 0) is 14.8 Å². The number of amides is 2. The van der Waals surface area contributed by atoms with Crippen molar-refractivity contribution < 1.29 is 18.0 Å². The summed E-state index contributed by atoms with van der Waals surface area (Å²) in [7, 11) is -3.38. The van der Waals surface area contributed by atoms with Gasteiger partial charge in [0, 0.05) is 43.3 Å². The zero-order valence-electron chi connectivity index (χ0n) is 13.6. The maximum absolute atomic E-state index is 12.6. The van der Waals surface area contributed by atoms with Crippen molar-refractivity contribution in [1.82, 2.24) is 9.80 Å². The molecule has 2 aliphatic rings. The highest BCUT2D eigenvalue weighted by Crippen LogP contribution is 2.31. The second-order valence-electron chi connectivity index (χ2n) is 6.35. The molecule has 0 atom stereocenters. The molecular weight excluding hydrogens is 330 g/mol. The van der Waals surface area contributed by atoms with Gasteiger partial charge in [0.15, 0.2) is 0 Å². The van der Waals surface area contributed by atoms with E-state index in [1.807, 2.05) is 4.90 Å². The number of nitrogens with one attached hydrogen (secondary N) is 1. The lowest BCUT2D eigenvalue weighted by Crippen LogP contribution is -2.51. The topological polar surface area (TPSA) is 86.8 Å². The molecule has 1 N–H and O–H groups in total. The van der Waals surface area contributed by atoms with E-state index in [0.29, 0.717) is 37.4 Å². The van der Waals surface area contributed by atoms with E-state index in [1.54, 1.807) is 23.1 Å². The lowest BCUT2D eigenvalue weighted by Gasteiger charge is -2.35. The van der Waals surface area contributed by atoms with Crippen LogP contribution in [0, 0.1) is 5.92 Å². The molecule has 1 saturated carbocycles. The quantitative estimate of drug-likeness (QED) is 0.867. The molecule has 0 spiro atoms. The fourth-order valence-corrected chi connectivity index (χ4v) is 3.39. The van der Waals surface area contributed by atoms with Crippen molar-refractivity contribution in [2.24, 2.45) is 5.92 Å². The van der Waals surface area contributed by atoms with Crippen LogP contribution in [0.1, 0.15) is 23.2 Å². The van der Waals surface area contributed by atoms with Gasteiger partial charge in [-0.1, -0.05) is 6.07 Å². The van der Waals surface area contributed by atoms with Crippen LogP contribution in [0.5, 0.6) is 0 Å². The summed E-state index contributed by atoms with van der Waals surface area (Å²) in [5.74, 6) is 0.262. The molecule has 0 bridgehead atoms. The number of hydrogen-bond acceptors (Lipinski definition) is 4. The van der Waals surface area contributed by atoms with Crippen molar-refractivity contribution in [2.45, 2.75) is 12.8 Å². The fraction of sp³-hybridized carbons (Fsp3) is 0.500. The number of benzene rings is 1. The van der Waals surface area contributed by atoms with Crippen LogP contribution in [-0.4, -0.2) is 62.5 Å². The largest absolute Gasteiger partial charge is 0.339 e. The van der Waals surface area contributed by atoms with E-state index in [1.165, 1.54) is 6.07 Å². The number of sulfonamides is 1. The minimum absolute atomic E-state index is 0.148. The Morgan fingerprint density at radius 1 is 1.08 bits per heavy atom. The molecule has 1 aliphatic carbocycles. The summed E-state index contributed by atoms with van der Waals surface area (Å²) < 4.78 is 25.0. The highest BCUT2D eigenvalue weighted by atomic mass is 32.2. The molecule has 24 heavy (non-hydrogen) atoms. The van der Waals surface area contributed by atoms with Crippen LogP contribution in [0.4, 0.5) is 5.69 Å². The van der Waals surface area contributed by atoms with Gasteiger partial charge in [0.1, 0.15) is 0 Å². The van der Waals surface area contributed by atoms with Gasteiger partial charge in [0.2, 0.25) is 15.9 Å². The standard InChI is InChI=1S/C16H21N3O4S/c1-24(22,23)17-14-4-2-3-13(11-14)16(21)19-9-7-18(8-10-19)15(20)12-5-6-12/h2-4,11-12,17H,5-10H2,1H3. The Balaban J connectivity index is 1.62. The van der Waals surface area contributed by atoms with Crippen LogP contribution in [0.3, 0.4) is 0 Å². The Hall–Kier alpha value is -2.09. The molecule has 1 aromatic rings. The predicted octanol–water partition coefficient (Wildman–Crippen LogP) is 0.752. The molecule has 1 aromatic carbocycles.